The molecule has 2 aromatic rings. The van der Waals surface area contributed by atoms with Gasteiger partial charge in [-0.1, -0.05) is 19.4 Å². The lowest BCUT2D eigenvalue weighted by atomic mass is 10.1. The number of nitrogens with one attached hydrogen (secondary N) is 1. The van der Waals surface area contributed by atoms with Gasteiger partial charge < -0.3 is 9.73 Å². The van der Waals surface area contributed by atoms with Gasteiger partial charge in [0.05, 0.1) is 12.3 Å². The Labute approximate surface area is 104 Å². The van der Waals surface area contributed by atoms with Crippen LogP contribution < -0.4 is 5.32 Å². The van der Waals surface area contributed by atoms with E-state index >= 15 is 0 Å². The largest absolute Gasteiger partial charge is 0.459 e. The number of hydrogen-bond acceptors (Lipinski definition) is 3. The Morgan fingerprint density at radius 1 is 1.47 bits per heavy atom. The van der Waals surface area contributed by atoms with E-state index in [1.54, 1.807) is 23.5 Å². The van der Waals surface area contributed by atoms with Crippen LogP contribution in [-0.4, -0.2) is 5.91 Å². The van der Waals surface area contributed by atoms with E-state index in [-0.39, 0.29) is 11.9 Å². The molecule has 1 unspecified atom stereocenters. The van der Waals surface area contributed by atoms with Crippen molar-refractivity contribution in [1.82, 2.24) is 5.32 Å². The van der Waals surface area contributed by atoms with Crippen LogP contribution in [0.15, 0.2) is 40.3 Å². The Morgan fingerprint density at radius 2 is 2.35 bits per heavy atom. The number of thiophene rings is 1. The maximum Gasteiger partial charge on any atom is 0.287 e. The molecule has 2 heterocycles. The maximum absolute atomic E-state index is 11.9. The Bertz CT molecular complexity index is 448. The molecule has 0 bridgehead atoms. The van der Waals surface area contributed by atoms with Gasteiger partial charge in [-0.05, 0) is 30.0 Å². The van der Waals surface area contributed by atoms with Crippen LogP contribution in [0.1, 0.15) is 41.2 Å². The maximum atomic E-state index is 11.9. The third-order valence-electron chi connectivity index (χ3n) is 2.51. The number of carbonyl (C=O) groups is 1. The Balaban J connectivity index is 2.06. The number of hydrogen-bond donors (Lipinski definition) is 1. The van der Waals surface area contributed by atoms with Crippen LogP contribution in [-0.2, 0) is 0 Å². The summed E-state index contributed by atoms with van der Waals surface area (Å²) in [7, 11) is 0. The van der Waals surface area contributed by atoms with Gasteiger partial charge >= 0.3 is 0 Å². The molecule has 17 heavy (non-hydrogen) atoms. The zero-order valence-electron chi connectivity index (χ0n) is 9.68. The minimum absolute atomic E-state index is 0.0811. The van der Waals surface area contributed by atoms with Gasteiger partial charge in [-0.3, -0.25) is 4.79 Å². The lowest BCUT2D eigenvalue weighted by Gasteiger charge is -2.15. The molecule has 1 atom stereocenters. The smallest absolute Gasteiger partial charge is 0.287 e. The average molecular weight is 249 g/mol. The highest BCUT2D eigenvalue weighted by molar-refractivity contribution is 7.10. The first-order valence-corrected chi connectivity index (χ1v) is 6.57. The summed E-state index contributed by atoms with van der Waals surface area (Å²) < 4.78 is 5.08. The minimum Gasteiger partial charge on any atom is -0.459 e. The van der Waals surface area contributed by atoms with Crippen molar-refractivity contribution in [2.24, 2.45) is 0 Å². The molecule has 0 saturated carbocycles. The van der Waals surface area contributed by atoms with Crippen molar-refractivity contribution in [3.63, 3.8) is 0 Å². The first kappa shape index (κ1) is 11.9. The molecule has 0 saturated heterocycles. The summed E-state index contributed by atoms with van der Waals surface area (Å²) in [5.41, 5.74) is 0. The van der Waals surface area contributed by atoms with Crippen LogP contribution >= 0.6 is 11.3 Å². The van der Waals surface area contributed by atoms with Gasteiger partial charge in [-0.2, -0.15) is 0 Å². The predicted octanol–water partition coefficient (Wildman–Crippen LogP) is 3.61. The second kappa shape index (κ2) is 5.68. The quantitative estimate of drug-likeness (QED) is 0.879. The van der Waals surface area contributed by atoms with E-state index in [4.69, 9.17) is 4.42 Å². The van der Waals surface area contributed by atoms with E-state index < -0.39 is 0 Å². The second-order valence-electron chi connectivity index (χ2n) is 3.81. The molecule has 2 aromatic heterocycles. The summed E-state index contributed by atoms with van der Waals surface area (Å²) in [4.78, 5) is 13.1. The SMILES string of the molecule is CCCC(NC(=O)c1ccco1)c1cccs1. The molecule has 0 aliphatic heterocycles. The number of rotatable bonds is 5. The second-order valence-corrected chi connectivity index (χ2v) is 4.79. The number of amides is 1. The van der Waals surface area contributed by atoms with Crippen LogP contribution in [0.5, 0.6) is 0 Å². The average Bonchev–Trinajstić information content (AvgIpc) is 3.01. The topological polar surface area (TPSA) is 42.2 Å². The molecule has 1 N–H and O–H groups in total. The molecule has 0 radical (unpaired) electrons. The van der Waals surface area contributed by atoms with Crippen LogP contribution in [0.4, 0.5) is 0 Å². The molecule has 90 valence electrons. The molecule has 0 aromatic carbocycles. The molecule has 0 fully saturated rings. The lowest BCUT2D eigenvalue weighted by Crippen LogP contribution is -2.27. The summed E-state index contributed by atoms with van der Waals surface area (Å²) in [5, 5.41) is 5.03. The Kier molecular flexibility index (Phi) is 3.98. The fourth-order valence-corrected chi connectivity index (χ4v) is 2.51. The first-order valence-electron chi connectivity index (χ1n) is 5.69. The fraction of sp³-hybridized carbons (Fsp3) is 0.308. The van der Waals surface area contributed by atoms with Crippen molar-refractivity contribution in [1.29, 1.82) is 0 Å². The summed E-state index contributed by atoms with van der Waals surface area (Å²) in [5.74, 6) is 0.213. The normalized spacial score (nSPS) is 12.3. The van der Waals surface area contributed by atoms with Gasteiger partial charge in [0.25, 0.3) is 5.91 Å². The van der Waals surface area contributed by atoms with E-state index in [2.05, 4.69) is 12.2 Å². The van der Waals surface area contributed by atoms with Gasteiger partial charge in [0.15, 0.2) is 5.76 Å². The molecule has 4 heteroatoms. The zero-order chi connectivity index (χ0) is 12.1. The number of furan rings is 1. The molecular formula is C13H15NO2S. The molecule has 2 rings (SSSR count). The van der Waals surface area contributed by atoms with E-state index in [9.17, 15) is 4.79 Å². The third-order valence-corrected chi connectivity index (χ3v) is 3.50. The van der Waals surface area contributed by atoms with Gasteiger partial charge in [0, 0.05) is 4.88 Å². The molecule has 0 aliphatic carbocycles. The summed E-state index contributed by atoms with van der Waals surface area (Å²) >= 11 is 1.66. The van der Waals surface area contributed by atoms with Crippen LogP contribution in [0, 0.1) is 0 Å². The molecule has 1 amide bonds. The van der Waals surface area contributed by atoms with Gasteiger partial charge in [-0.15, -0.1) is 11.3 Å². The van der Waals surface area contributed by atoms with Crippen molar-refractivity contribution >= 4 is 17.2 Å². The monoisotopic (exact) mass is 249 g/mol. The highest BCUT2D eigenvalue weighted by Crippen LogP contribution is 2.23. The van der Waals surface area contributed by atoms with E-state index in [0.29, 0.717) is 5.76 Å². The van der Waals surface area contributed by atoms with Crippen LogP contribution in [0.2, 0.25) is 0 Å². The molecule has 0 aliphatic rings. The Morgan fingerprint density at radius 3 is 2.94 bits per heavy atom. The van der Waals surface area contributed by atoms with E-state index in [1.807, 2.05) is 17.5 Å². The first-order chi connectivity index (χ1) is 8.31. The fourth-order valence-electron chi connectivity index (χ4n) is 1.70. The van der Waals surface area contributed by atoms with E-state index in [1.165, 1.54) is 11.1 Å². The highest BCUT2D eigenvalue weighted by Gasteiger charge is 2.17. The van der Waals surface area contributed by atoms with Crippen molar-refractivity contribution in [3.05, 3.63) is 46.5 Å². The van der Waals surface area contributed by atoms with Gasteiger partial charge in [0.2, 0.25) is 0 Å². The standard InChI is InChI=1S/C13H15NO2S/c1-2-5-10(12-7-4-9-17-12)14-13(15)11-6-3-8-16-11/h3-4,6-10H,2,5H2,1H3,(H,14,15). The third kappa shape index (κ3) is 2.97. The van der Waals surface area contributed by atoms with Gasteiger partial charge in [-0.25, -0.2) is 0 Å². The Hall–Kier alpha value is -1.55. The van der Waals surface area contributed by atoms with E-state index in [0.717, 1.165) is 12.8 Å². The molecule has 0 spiro atoms. The summed E-state index contributed by atoms with van der Waals surface area (Å²) in [6, 6.07) is 7.52. The zero-order valence-corrected chi connectivity index (χ0v) is 10.5. The summed E-state index contributed by atoms with van der Waals surface area (Å²) in [6.07, 6.45) is 3.48. The van der Waals surface area contributed by atoms with Gasteiger partial charge in [0.1, 0.15) is 0 Å². The van der Waals surface area contributed by atoms with Crippen molar-refractivity contribution < 1.29 is 9.21 Å². The molecular weight excluding hydrogens is 234 g/mol. The lowest BCUT2D eigenvalue weighted by molar-refractivity contribution is 0.0907. The van der Waals surface area contributed by atoms with Crippen molar-refractivity contribution in [3.8, 4) is 0 Å². The predicted molar refractivity (Wildman–Crippen MR) is 68.1 cm³/mol. The van der Waals surface area contributed by atoms with Crippen molar-refractivity contribution in [2.45, 2.75) is 25.8 Å². The highest BCUT2D eigenvalue weighted by atomic mass is 32.1. The van der Waals surface area contributed by atoms with Crippen LogP contribution in [0.3, 0.4) is 0 Å². The summed E-state index contributed by atoms with van der Waals surface area (Å²) in [6.45, 7) is 2.11. The number of carbonyl (C=O) groups excluding carboxylic acids is 1. The van der Waals surface area contributed by atoms with Crippen LogP contribution in [0.25, 0.3) is 0 Å². The van der Waals surface area contributed by atoms with Crippen molar-refractivity contribution in [2.75, 3.05) is 0 Å². The minimum atomic E-state index is -0.151. The molecule has 3 nitrogen and oxygen atoms in total.